The number of aromatic nitrogens is 2. The molecule has 3 rings (SSSR count). The minimum Gasteiger partial charge on any atom is -0.327 e. The monoisotopic (exact) mass is 333 g/mol. The van der Waals surface area contributed by atoms with Crippen molar-refractivity contribution in [2.24, 2.45) is 0 Å². The summed E-state index contributed by atoms with van der Waals surface area (Å²) < 4.78 is 38.2. The molecule has 2 N–H and O–H groups in total. The van der Waals surface area contributed by atoms with Crippen molar-refractivity contribution in [3.8, 4) is 0 Å². The number of hydrogen-bond donors (Lipinski definition) is 2. The number of nitrogens with one attached hydrogen (secondary N) is 2. The van der Waals surface area contributed by atoms with Crippen molar-refractivity contribution in [3.05, 3.63) is 70.3 Å². The number of aromatic amines is 1. The summed E-state index contributed by atoms with van der Waals surface area (Å²) in [7, 11) is 0. The molecule has 0 spiro atoms. The fourth-order valence-corrected chi connectivity index (χ4v) is 2.23. The van der Waals surface area contributed by atoms with Crippen molar-refractivity contribution in [2.75, 3.05) is 5.32 Å². The predicted octanol–water partition coefficient (Wildman–Crippen LogP) is 3.19. The van der Waals surface area contributed by atoms with E-state index in [1.54, 1.807) is 30.5 Å². The van der Waals surface area contributed by atoms with E-state index in [2.05, 4.69) is 10.3 Å². The molecule has 2 aromatic heterocycles. The Morgan fingerprint density at radius 2 is 1.96 bits per heavy atom. The van der Waals surface area contributed by atoms with Crippen LogP contribution < -0.4 is 10.9 Å². The SMILES string of the molecule is O=C(Nc1cc(C(F)(F)F)c[nH]c1=O)c1cccc2ncccc12. The van der Waals surface area contributed by atoms with Crippen LogP contribution in [0.3, 0.4) is 0 Å². The average molecular weight is 333 g/mol. The van der Waals surface area contributed by atoms with E-state index >= 15 is 0 Å². The number of anilines is 1. The van der Waals surface area contributed by atoms with Gasteiger partial charge in [0.1, 0.15) is 5.69 Å². The highest BCUT2D eigenvalue weighted by Crippen LogP contribution is 2.29. The Kier molecular flexibility index (Phi) is 3.80. The third-order valence-electron chi connectivity index (χ3n) is 3.37. The molecule has 0 aliphatic carbocycles. The molecule has 0 saturated heterocycles. The molecule has 0 saturated carbocycles. The minimum atomic E-state index is -4.63. The zero-order valence-corrected chi connectivity index (χ0v) is 12.0. The highest BCUT2D eigenvalue weighted by Gasteiger charge is 2.31. The first kappa shape index (κ1) is 15.7. The minimum absolute atomic E-state index is 0.206. The molecule has 0 unspecified atom stereocenters. The second kappa shape index (κ2) is 5.80. The van der Waals surface area contributed by atoms with E-state index in [1.807, 2.05) is 4.98 Å². The number of benzene rings is 1. The molecule has 1 amide bonds. The van der Waals surface area contributed by atoms with Crippen LogP contribution >= 0.6 is 0 Å². The summed E-state index contributed by atoms with van der Waals surface area (Å²) >= 11 is 0. The van der Waals surface area contributed by atoms with Gasteiger partial charge < -0.3 is 10.3 Å². The van der Waals surface area contributed by atoms with Crippen molar-refractivity contribution < 1.29 is 18.0 Å². The zero-order chi connectivity index (χ0) is 17.3. The molecule has 3 aromatic rings. The Balaban J connectivity index is 1.99. The first-order chi connectivity index (χ1) is 11.4. The lowest BCUT2D eigenvalue weighted by Gasteiger charge is -2.10. The summed E-state index contributed by atoms with van der Waals surface area (Å²) in [5.41, 5.74) is -1.59. The second-order valence-corrected chi connectivity index (χ2v) is 4.96. The number of carbonyl (C=O) groups excluding carboxylic acids is 1. The number of hydrogen-bond acceptors (Lipinski definition) is 3. The number of H-pyrrole nitrogens is 1. The highest BCUT2D eigenvalue weighted by molar-refractivity contribution is 6.12. The third kappa shape index (κ3) is 2.98. The van der Waals surface area contributed by atoms with E-state index in [0.717, 1.165) is 0 Å². The summed E-state index contributed by atoms with van der Waals surface area (Å²) in [4.78, 5) is 30.1. The molecule has 5 nitrogen and oxygen atoms in total. The van der Waals surface area contributed by atoms with Gasteiger partial charge in [0.2, 0.25) is 0 Å². The van der Waals surface area contributed by atoms with E-state index < -0.39 is 28.9 Å². The van der Waals surface area contributed by atoms with Gasteiger partial charge >= 0.3 is 6.18 Å². The lowest BCUT2D eigenvalue weighted by Crippen LogP contribution is -2.21. The maximum atomic E-state index is 12.7. The van der Waals surface area contributed by atoms with Gasteiger partial charge in [-0.15, -0.1) is 0 Å². The second-order valence-electron chi connectivity index (χ2n) is 4.96. The standard InChI is InChI=1S/C16H10F3N3O2/c17-16(18,19)9-7-13(15(24)21-8-9)22-14(23)11-3-1-5-12-10(11)4-2-6-20-12/h1-8H,(H,21,24)(H,22,23). The van der Waals surface area contributed by atoms with Crippen molar-refractivity contribution >= 4 is 22.5 Å². The number of fused-ring (bicyclic) bond motifs is 1. The van der Waals surface area contributed by atoms with Gasteiger partial charge in [-0.3, -0.25) is 14.6 Å². The molecule has 2 heterocycles. The van der Waals surface area contributed by atoms with Crippen molar-refractivity contribution in [3.63, 3.8) is 0 Å². The number of nitrogens with zero attached hydrogens (tertiary/aromatic N) is 1. The number of pyridine rings is 2. The molecule has 0 bridgehead atoms. The first-order valence-corrected chi connectivity index (χ1v) is 6.81. The first-order valence-electron chi connectivity index (χ1n) is 6.81. The van der Waals surface area contributed by atoms with Gasteiger partial charge in [-0.05, 0) is 24.3 Å². The van der Waals surface area contributed by atoms with Crippen LogP contribution in [-0.2, 0) is 6.18 Å². The van der Waals surface area contributed by atoms with E-state index in [9.17, 15) is 22.8 Å². The molecule has 1 aromatic carbocycles. The van der Waals surface area contributed by atoms with E-state index in [4.69, 9.17) is 0 Å². The van der Waals surface area contributed by atoms with Gasteiger partial charge in [0.05, 0.1) is 11.1 Å². The smallest absolute Gasteiger partial charge is 0.327 e. The van der Waals surface area contributed by atoms with E-state index in [0.29, 0.717) is 23.2 Å². The summed E-state index contributed by atoms with van der Waals surface area (Å²) in [6.07, 6.45) is -2.52. The molecule has 0 radical (unpaired) electrons. The molecule has 8 heteroatoms. The number of halogens is 3. The average Bonchev–Trinajstić information content (AvgIpc) is 2.55. The molecule has 0 atom stereocenters. The van der Waals surface area contributed by atoms with Gasteiger partial charge in [-0.25, -0.2) is 0 Å². The summed E-state index contributed by atoms with van der Waals surface area (Å²) in [5, 5.41) is 2.75. The number of carbonyl (C=O) groups is 1. The largest absolute Gasteiger partial charge is 0.417 e. The Labute approximate surface area is 133 Å². The Morgan fingerprint density at radius 3 is 2.71 bits per heavy atom. The Hall–Kier alpha value is -3.16. The Morgan fingerprint density at radius 1 is 1.17 bits per heavy atom. The van der Waals surface area contributed by atoms with Crippen LogP contribution in [-0.4, -0.2) is 15.9 Å². The lowest BCUT2D eigenvalue weighted by atomic mass is 10.1. The van der Waals surface area contributed by atoms with Crippen LogP contribution in [0.4, 0.5) is 18.9 Å². The van der Waals surface area contributed by atoms with Gasteiger partial charge in [-0.1, -0.05) is 12.1 Å². The van der Waals surface area contributed by atoms with Gasteiger partial charge in [0.15, 0.2) is 0 Å². The number of alkyl halides is 3. The summed E-state index contributed by atoms with van der Waals surface area (Å²) in [6, 6.07) is 8.69. The van der Waals surface area contributed by atoms with Crippen molar-refractivity contribution in [2.45, 2.75) is 6.18 Å². The van der Waals surface area contributed by atoms with Gasteiger partial charge in [0, 0.05) is 23.3 Å². The van der Waals surface area contributed by atoms with Gasteiger partial charge in [0.25, 0.3) is 11.5 Å². The Bertz CT molecular complexity index is 975. The van der Waals surface area contributed by atoms with Crippen molar-refractivity contribution in [1.82, 2.24) is 9.97 Å². The van der Waals surface area contributed by atoms with Crippen LogP contribution in [0.2, 0.25) is 0 Å². The molecule has 122 valence electrons. The quantitative estimate of drug-likeness (QED) is 0.756. The highest BCUT2D eigenvalue weighted by atomic mass is 19.4. The predicted molar refractivity (Wildman–Crippen MR) is 81.8 cm³/mol. The number of amides is 1. The van der Waals surface area contributed by atoms with Crippen LogP contribution in [0.15, 0.2) is 53.6 Å². The molecular weight excluding hydrogens is 323 g/mol. The topological polar surface area (TPSA) is 74.8 Å². The van der Waals surface area contributed by atoms with Gasteiger partial charge in [-0.2, -0.15) is 13.2 Å². The van der Waals surface area contributed by atoms with E-state index in [1.165, 1.54) is 6.07 Å². The third-order valence-corrected chi connectivity index (χ3v) is 3.37. The van der Waals surface area contributed by atoms with Crippen molar-refractivity contribution in [1.29, 1.82) is 0 Å². The molecule has 0 aliphatic rings. The summed E-state index contributed by atoms with van der Waals surface area (Å²) in [5.74, 6) is -0.696. The lowest BCUT2D eigenvalue weighted by molar-refractivity contribution is -0.137. The van der Waals surface area contributed by atoms with E-state index in [-0.39, 0.29) is 5.56 Å². The van der Waals surface area contributed by atoms with Crippen LogP contribution in [0.5, 0.6) is 0 Å². The molecular formula is C16H10F3N3O2. The van der Waals surface area contributed by atoms with Crippen LogP contribution in [0, 0.1) is 0 Å². The van der Waals surface area contributed by atoms with Crippen LogP contribution in [0.1, 0.15) is 15.9 Å². The molecule has 24 heavy (non-hydrogen) atoms. The molecule has 0 fully saturated rings. The normalized spacial score (nSPS) is 11.5. The molecule has 0 aliphatic heterocycles. The zero-order valence-electron chi connectivity index (χ0n) is 12.0. The maximum Gasteiger partial charge on any atom is 0.417 e. The fraction of sp³-hybridized carbons (Fsp3) is 0.0625. The maximum absolute atomic E-state index is 12.7. The summed E-state index contributed by atoms with van der Waals surface area (Å²) in [6.45, 7) is 0. The fourth-order valence-electron chi connectivity index (χ4n) is 2.23. The number of rotatable bonds is 2. The van der Waals surface area contributed by atoms with Crippen LogP contribution in [0.25, 0.3) is 10.9 Å².